The van der Waals surface area contributed by atoms with E-state index in [1.807, 2.05) is 11.8 Å². The van der Waals surface area contributed by atoms with Crippen molar-refractivity contribution in [2.75, 3.05) is 12.0 Å². The predicted octanol–water partition coefficient (Wildman–Crippen LogP) is 2.23. The van der Waals surface area contributed by atoms with Gasteiger partial charge in [0.1, 0.15) is 0 Å². The van der Waals surface area contributed by atoms with Crippen LogP contribution >= 0.6 is 11.8 Å². The Balaban J connectivity index is 2.49. The molecule has 1 aromatic carbocycles. The van der Waals surface area contributed by atoms with E-state index in [4.69, 9.17) is 5.73 Å². The van der Waals surface area contributed by atoms with Gasteiger partial charge in [-0.15, -0.1) is 0 Å². The molecule has 0 amide bonds. The molecule has 0 bridgehead atoms. The molecule has 1 rings (SSSR count). The first-order valence-electron chi connectivity index (χ1n) is 4.52. The molecule has 1 unspecified atom stereocenters. The van der Waals surface area contributed by atoms with Gasteiger partial charge in [0.05, 0.1) is 0 Å². The molecule has 0 spiro atoms. The number of hydrogen-bond donors (Lipinski definition) is 1. The van der Waals surface area contributed by atoms with Crippen LogP contribution in [0.1, 0.15) is 11.1 Å². The van der Waals surface area contributed by atoms with E-state index >= 15 is 0 Å². The fourth-order valence-corrected chi connectivity index (χ4v) is 1.85. The molecule has 1 aromatic rings. The third-order valence-corrected chi connectivity index (χ3v) is 2.76. The van der Waals surface area contributed by atoms with Gasteiger partial charge in [-0.2, -0.15) is 11.8 Å². The lowest BCUT2D eigenvalue weighted by atomic mass is 10.1. The summed E-state index contributed by atoms with van der Waals surface area (Å²) >= 11 is 1.81. The molecular weight excluding hydrogens is 178 g/mol. The predicted molar refractivity (Wildman–Crippen MR) is 61.2 cm³/mol. The smallest absolute Gasteiger partial charge is 0.0171 e. The van der Waals surface area contributed by atoms with Crippen LogP contribution in [0.25, 0.3) is 0 Å². The topological polar surface area (TPSA) is 26.0 Å². The summed E-state index contributed by atoms with van der Waals surface area (Å²) < 4.78 is 0. The van der Waals surface area contributed by atoms with E-state index in [2.05, 4.69) is 37.4 Å². The monoisotopic (exact) mass is 195 g/mol. The van der Waals surface area contributed by atoms with Crippen LogP contribution in [0.2, 0.25) is 0 Å². The zero-order valence-electron chi connectivity index (χ0n) is 8.29. The fraction of sp³-hybridized carbons (Fsp3) is 0.455. The van der Waals surface area contributed by atoms with E-state index in [-0.39, 0.29) is 6.04 Å². The summed E-state index contributed by atoms with van der Waals surface area (Å²) in [5.74, 6) is 1.04. The maximum atomic E-state index is 5.93. The lowest BCUT2D eigenvalue weighted by molar-refractivity contribution is 0.749. The van der Waals surface area contributed by atoms with Gasteiger partial charge in [0.25, 0.3) is 0 Å². The van der Waals surface area contributed by atoms with Gasteiger partial charge in [0.2, 0.25) is 0 Å². The van der Waals surface area contributed by atoms with Crippen LogP contribution in [-0.2, 0) is 6.42 Å². The van der Waals surface area contributed by atoms with Crippen LogP contribution in [-0.4, -0.2) is 18.1 Å². The first-order valence-corrected chi connectivity index (χ1v) is 5.92. The van der Waals surface area contributed by atoms with Crippen molar-refractivity contribution < 1.29 is 0 Å². The van der Waals surface area contributed by atoms with Crippen molar-refractivity contribution in [2.45, 2.75) is 19.4 Å². The van der Waals surface area contributed by atoms with E-state index in [0.29, 0.717) is 0 Å². The fourth-order valence-electron chi connectivity index (χ4n) is 1.30. The van der Waals surface area contributed by atoms with E-state index in [1.165, 1.54) is 11.1 Å². The highest BCUT2D eigenvalue weighted by atomic mass is 32.2. The molecule has 0 aliphatic rings. The summed E-state index contributed by atoms with van der Waals surface area (Å²) in [5.41, 5.74) is 8.58. The average Bonchev–Trinajstić information content (AvgIpc) is 2.09. The number of benzene rings is 1. The standard InChI is InChI=1S/C11H17NS/c1-9-3-5-10(6-4-9)7-11(12)8-13-2/h3-6,11H,7-8,12H2,1-2H3. The second kappa shape index (κ2) is 5.30. The Labute approximate surface area is 84.7 Å². The minimum Gasteiger partial charge on any atom is -0.327 e. The van der Waals surface area contributed by atoms with Crippen LogP contribution in [0.5, 0.6) is 0 Å². The third-order valence-electron chi connectivity index (χ3n) is 2.00. The normalized spacial score (nSPS) is 12.8. The van der Waals surface area contributed by atoms with Gasteiger partial charge in [-0.3, -0.25) is 0 Å². The summed E-state index contributed by atoms with van der Waals surface area (Å²) in [7, 11) is 0. The first-order chi connectivity index (χ1) is 6.22. The number of hydrogen-bond acceptors (Lipinski definition) is 2. The molecule has 2 N–H and O–H groups in total. The van der Waals surface area contributed by atoms with Gasteiger partial charge >= 0.3 is 0 Å². The highest BCUT2D eigenvalue weighted by molar-refractivity contribution is 7.98. The van der Waals surface area contributed by atoms with Gasteiger partial charge in [0.15, 0.2) is 0 Å². The molecule has 0 heterocycles. The van der Waals surface area contributed by atoms with Crippen molar-refractivity contribution >= 4 is 11.8 Å². The quantitative estimate of drug-likeness (QED) is 0.797. The molecule has 0 aliphatic carbocycles. The molecule has 2 heteroatoms. The SMILES string of the molecule is CSCC(N)Cc1ccc(C)cc1. The third kappa shape index (κ3) is 3.83. The molecule has 0 radical (unpaired) electrons. The minimum absolute atomic E-state index is 0.290. The summed E-state index contributed by atoms with van der Waals surface area (Å²) in [6.07, 6.45) is 3.08. The molecule has 13 heavy (non-hydrogen) atoms. The average molecular weight is 195 g/mol. The molecule has 0 saturated heterocycles. The molecule has 72 valence electrons. The van der Waals surface area contributed by atoms with Crippen molar-refractivity contribution in [1.29, 1.82) is 0 Å². The Bertz CT molecular complexity index is 243. The van der Waals surface area contributed by atoms with Gasteiger partial charge in [-0.1, -0.05) is 29.8 Å². The minimum atomic E-state index is 0.290. The summed E-state index contributed by atoms with van der Waals surface area (Å²) in [4.78, 5) is 0. The van der Waals surface area contributed by atoms with Gasteiger partial charge in [-0.05, 0) is 25.2 Å². The van der Waals surface area contributed by atoms with E-state index < -0.39 is 0 Å². The van der Waals surface area contributed by atoms with E-state index in [9.17, 15) is 0 Å². The van der Waals surface area contributed by atoms with Gasteiger partial charge in [0, 0.05) is 11.8 Å². The van der Waals surface area contributed by atoms with Crippen LogP contribution in [0, 0.1) is 6.92 Å². The number of thioether (sulfide) groups is 1. The van der Waals surface area contributed by atoms with E-state index in [1.54, 1.807) is 0 Å². The molecule has 0 fully saturated rings. The second-order valence-corrected chi connectivity index (χ2v) is 4.32. The highest BCUT2D eigenvalue weighted by Gasteiger charge is 2.02. The second-order valence-electron chi connectivity index (χ2n) is 3.41. The summed E-state index contributed by atoms with van der Waals surface area (Å²) in [6.45, 7) is 2.10. The largest absolute Gasteiger partial charge is 0.327 e. The summed E-state index contributed by atoms with van der Waals surface area (Å²) in [6, 6.07) is 8.89. The molecule has 1 atom stereocenters. The number of aryl methyl sites for hydroxylation is 1. The Morgan fingerprint density at radius 1 is 1.31 bits per heavy atom. The maximum Gasteiger partial charge on any atom is 0.0171 e. The Morgan fingerprint density at radius 2 is 1.92 bits per heavy atom. The molecule has 0 aliphatic heterocycles. The van der Waals surface area contributed by atoms with Gasteiger partial charge < -0.3 is 5.73 Å². The molecule has 0 saturated carbocycles. The van der Waals surface area contributed by atoms with Crippen molar-refractivity contribution in [3.05, 3.63) is 35.4 Å². The van der Waals surface area contributed by atoms with Crippen molar-refractivity contribution in [1.82, 2.24) is 0 Å². The van der Waals surface area contributed by atoms with Crippen LogP contribution in [0.4, 0.5) is 0 Å². The number of nitrogens with two attached hydrogens (primary N) is 1. The lowest BCUT2D eigenvalue weighted by Crippen LogP contribution is -2.25. The molecule has 1 nitrogen and oxygen atoms in total. The molecular formula is C11H17NS. The Kier molecular flexibility index (Phi) is 4.33. The van der Waals surface area contributed by atoms with Crippen LogP contribution < -0.4 is 5.73 Å². The maximum absolute atomic E-state index is 5.93. The van der Waals surface area contributed by atoms with Gasteiger partial charge in [-0.25, -0.2) is 0 Å². The van der Waals surface area contributed by atoms with Crippen molar-refractivity contribution in [3.63, 3.8) is 0 Å². The lowest BCUT2D eigenvalue weighted by Gasteiger charge is -2.09. The Hall–Kier alpha value is -0.470. The van der Waals surface area contributed by atoms with Crippen LogP contribution in [0.15, 0.2) is 24.3 Å². The number of rotatable bonds is 4. The van der Waals surface area contributed by atoms with Crippen molar-refractivity contribution in [2.24, 2.45) is 5.73 Å². The highest BCUT2D eigenvalue weighted by Crippen LogP contribution is 2.07. The van der Waals surface area contributed by atoms with E-state index in [0.717, 1.165) is 12.2 Å². The Morgan fingerprint density at radius 3 is 2.46 bits per heavy atom. The zero-order chi connectivity index (χ0) is 9.68. The molecule has 0 aromatic heterocycles. The summed E-state index contributed by atoms with van der Waals surface area (Å²) in [5, 5.41) is 0. The van der Waals surface area contributed by atoms with Crippen molar-refractivity contribution in [3.8, 4) is 0 Å². The zero-order valence-corrected chi connectivity index (χ0v) is 9.10. The first kappa shape index (κ1) is 10.6. The van der Waals surface area contributed by atoms with Crippen LogP contribution in [0.3, 0.4) is 0 Å².